The molecule has 0 aliphatic heterocycles. The lowest BCUT2D eigenvalue weighted by molar-refractivity contribution is 0.0952. The van der Waals surface area contributed by atoms with Gasteiger partial charge in [0.05, 0.1) is 11.4 Å². The quantitative estimate of drug-likeness (QED) is 0.148. The summed E-state index contributed by atoms with van der Waals surface area (Å²) in [6.45, 7) is 9.83. The highest BCUT2D eigenvalue weighted by Crippen LogP contribution is 2.25. The van der Waals surface area contributed by atoms with Crippen LogP contribution in [0.1, 0.15) is 65.9 Å². The number of hydrogen-bond acceptors (Lipinski definition) is 8. The van der Waals surface area contributed by atoms with E-state index in [1.807, 2.05) is 6.20 Å². The molecule has 0 aliphatic rings. The molecule has 9 nitrogen and oxygen atoms in total. The van der Waals surface area contributed by atoms with Gasteiger partial charge < -0.3 is 21.3 Å². The van der Waals surface area contributed by atoms with Crippen LogP contribution in [-0.4, -0.2) is 42.1 Å². The van der Waals surface area contributed by atoms with Gasteiger partial charge in [-0.15, -0.1) is 0 Å². The van der Waals surface area contributed by atoms with Crippen LogP contribution in [0.4, 0.5) is 23.0 Å². The third kappa shape index (κ3) is 8.85. The third-order valence-electron chi connectivity index (χ3n) is 6.67. The highest BCUT2D eigenvalue weighted by atomic mass is 16.1. The van der Waals surface area contributed by atoms with E-state index in [2.05, 4.69) is 77.3 Å². The van der Waals surface area contributed by atoms with Crippen molar-refractivity contribution >= 4 is 28.9 Å². The number of nitrogens with one attached hydrogen (secondary N) is 5. The van der Waals surface area contributed by atoms with E-state index >= 15 is 0 Å². The summed E-state index contributed by atoms with van der Waals surface area (Å²) in [5.74, 6) is 0.458. The Morgan fingerprint density at radius 3 is 2.49 bits per heavy atom. The van der Waals surface area contributed by atoms with E-state index in [0.717, 1.165) is 61.3 Å². The normalized spacial score (nSPS) is 11.6. The number of carbonyl (C=O) groups is 1. The first kappa shape index (κ1) is 29.7. The number of nitrogens with zero attached hydrogens (tertiary/aromatic N) is 3. The highest BCUT2D eigenvalue weighted by molar-refractivity contribution is 5.96. The third-order valence-corrected chi connectivity index (χ3v) is 6.67. The number of anilines is 3. The second-order valence-corrected chi connectivity index (χ2v) is 9.85. The zero-order valence-electron chi connectivity index (χ0n) is 23.8. The Labute approximate surface area is 232 Å². The van der Waals surface area contributed by atoms with Crippen LogP contribution in [0.2, 0.25) is 0 Å². The number of benzene rings is 2. The Kier molecular flexibility index (Phi) is 11.4. The van der Waals surface area contributed by atoms with Crippen LogP contribution in [0.3, 0.4) is 0 Å². The largest absolute Gasteiger partial charge is 0.386 e. The second kappa shape index (κ2) is 14.9. The summed E-state index contributed by atoms with van der Waals surface area (Å²) >= 11 is 0. The van der Waals surface area contributed by atoms with Crippen molar-refractivity contribution in [3.05, 3.63) is 70.5 Å². The van der Waals surface area contributed by atoms with Gasteiger partial charge in [0.1, 0.15) is 5.69 Å². The molecule has 0 saturated carbocycles. The Bertz CT molecular complexity index is 1240. The molecule has 1 atom stereocenters. The molecule has 1 aromatic heterocycles. The minimum absolute atomic E-state index is 0.157. The highest BCUT2D eigenvalue weighted by Gasteiger charge is 2.13. The minimum Gasteiger partial charge on any atom is -0.386 e. The van der Waals surface area contributed by atoms with Gasteiger partial charge in [0.15, 0.2) is 0 Å². The molecule has 0 fully saturated rings. The molecule has 1 amide bonds. The maximum atomic E-state index is 12.6. The molecule has 0 aliphatic carbocycles. The first-order valence-corrected chi connectivity index (χ1v) is 13.8. The number of hydrogen-bond donors (Lipinski definition) is 5. The topological polar surface area (TPSA) is 127 Å². The lowest BCUT2D eigenvalue weighted by Gasteiger charge is -2.19. The fourth-order valence-electron chi connectivity index (χ4n) is 4.72. The predicted molar refractivity (Wildman–Crippen MR) is 159 cm³/mol. The Morgan fingerprint density at radius 2 is 1.82 bits per heavy atom. The van der Waals surface area contributed by atoms with Crippen LogP contribution in [0, 0.1) is 19.4 Å². The van der Waals surface area contributed by atoms with Crippen LogP contribution in [0.15, 0.2) is 47.7 Å². The van der Waals surface area contributed by atoms with Gasteiger partial charge >= 0.3 is 0 Å². The van der Waals surface area contributed by atoms with Crippen LogP contribution in [0.5, 0.6) is 0 Å². The van der Waals surface area contributed by atoms with E-state index in [0.29, 0.717) is 29.8 Å². The van der Waals surface area contributed by atoms with Crippen LogP contribution >= 0.6 is 0 Å². The number of carbonyl (C=O) groups excluding carboxylic acids is 1. The average Bonchev–Trinajstić information content (AvgIpc) is 2.92. The van der Waals surface area contributed by atoms with Crippen molar-refractivity contribution in [1.82, 2.24) is 20.6 Å². The standard InChI is InChI=1S/C30H42N8O/c1-6-8-24(11-13-34-29(39)23-9-10-27(32-5)28(18-23)38-31)33-14-12-26-22(7-2)19-35-30(37-26)36-25-16-20(3)15-21(4)17-25/h9-10,15-19,24,31-33H,6-8,11-14H2,1-5H3,(H,34,39)(H,35,36,37). The van der Waals surface area contributed by atoms with E-state index in [9.17, 15) is 4.79 Å². The number of aryl methyl sites for hydroxylation is 3. The summed E-state index contributed by atoms with van der Waals surface area (Å²) < 4.78 is 0. The Balaban J connectivity index is 1.54. The molecule has 3 aromatic rings. The molecule has 1 unspecified atom stereocenters. The Hall–Kier alpha value is -3.85. The molecule has 3 rings (SSSR count). The average molecular weight is 531 g/mol. The lowest BCUT2D eigenvalue weighted by Crippen LogP contribution is -2.35. The maximum absolute atomic E-state index is 12.6. The van der Waals surface area contributed by atoms with Crippen molar-refractivity contribution in [2.24, 2.45) is 5.11 Å². The van der Waals surface area contributed by atoms with Gasteiger partial charge in [-0.2, -0.15) is 5.11 Å². The molecule has 1 heterocycles. The SMILES string of the molecule is CCCC(CCNC(=O)c1ccc(NC)c(N=N)c1)NCCc1nc(Nc2cc(C)cc(C)c2)ncc1CC. The number of amides is 1. The summed E-state index contributed by atoms with van der Waals surface area (Å²) in [7, 11) is 1.76. The van der Waals surface area contributed by atoms with Crippen molar-refractivity contribution in [3.63, 3.8) is 0 Å². The monoisotopic (exact) mass is 530 g/mol. The minimum atomic E-state index is -0.157. The predicted octanol–water partition coefficient (Wildman–Crippen LogP) is 6.22. The molecule has 9 heteroatoms. The zero-order chi connectivity index (χ0) is 28.2. The summed E-state index contributed by atoms with van der Waals surface area (Å²) in [5, 5.41) is 16.5. The first-order chi connectivity index (χ1) is 18.9. The van der Waals surface area contributed by atoms with E-state index < -0.39 is 0 Å². The molecule has 2 aromatic carbocycles. The first-order valence-electron chi connectivity index (χ1n) is 13.8. The summed E-state index contributed by atoms with van der Waals surface area (Å²) in [5.41, 5.74) is 14.6. The van der Waals surface area contributed by atoms with Gasteiger partial charge in [0, 0.05) is 50.0 Å². The molecular formula is C30H42N8O. The van der Waals surface area contributed by atoms with Crippen LogP contribution < -0.4 is 21.3 Å². The van der Waals surface area contributed by atoms with E-state index in [1.165, 1.54) is 11.1 Å². The van der Waals surface area contributed by atoms with Crippen LogP contribution in [0.25, 0.3) is 0 Å². The van der Waals surface area contributed by atoms with Gasteiger partial charge in [0.25, 0.3) is 5.91 Å². The van der Waals surface area contributed by atoms with Gasteiger partial charge in [0.2, 0.25) is 5.95 Å². The molecule has 39 heavy (non-hydrogen) atoms. The van der Waals surface area contributed by atoms with E-state index in [-0.39, 0.29) is 5.91 Å². The van der Waals surface area contributed by atoms with Crippen LogP contribution in [-0.2, 0) is 12.8 Å². The molecule has 0 saturated heterocycles. The molecular weight excluding hydrogens is 488 g/mol. The molecule has 0 radical (unpaired) electrons. The maximum Gasteiger partial charge on any atom is 0.251 e. The lowest BCUT2D eigenvalue weighted by atomic mass is 10.1. The van der Waals surface area contributed by atoms with Crippen molar-refractivity contribution < 1.29 is 4.79 Å². The molecule has 5 N–H and O–H groups in total. The van der Waals surface area contributed by atoms with Gasteiger partial charge in [-0.25, -0.2) is 15.5 Å². The molecule has 208 valence electrons. The van der Waals surface area contributed by atoms with Crippen molar-refractivity contribution in [2.45, 2.75) is 65.8 Å². The summed E-state index contributed by atoms with van der Waals surface area (Å²) in [6, 6.07) is 11.8. The Morgan fingerprint density at radius 1 is 1.05 bits per heavy atom. The van der Waals surface area contributed by atoms with E-state index in [4.69, 9.17) is 10.5 Å². The van der Waals surface area contributed by atoms with Gasteiger partial charge in [-0.3, -0.25) is 4.79 Å². The van der Waals surface area contributed by atoms with Crippen molar-refractivity contribution in [3.8, 4) is 0 Å². The smallest absolute Gasteiger partial charge is 0.251 e. The zero-order valence-corrected chi connectivity index (χ0v) is 23.8. The fourth-order valence-corrected chi connectivity index (χ4v) is 4.72. The molecule has 0 bridgehead atoms. The fraction of sp³-hybridized carbons (Fsp3) is 0.433. The second-order valence-electron chi connectivity index (χ2n) is 9.85. The summed E-state index contributed by atoms with van der Waals surface area (Å²) in [4.78, 5) is 22.0. The van der Waals surface area contributed by atoms with Gasteiger partial charge in [-0.1, -0.05) is 26.3 Å². The summed E-state index contributed by atoms with van der Waals surface area (Å²) in [6.07, 6.45) is 6.52. The van der Waals surface area contributed by atoms with E-state index in [1.54, 1.807) is 25.2 Å². The number of rotatable bonds is 15. The number of aromatic nitrogens is 2. The van der Waals surface area contributed by atoms with Gasteiger partial charge in [-0.05, 0) is 80.1 Å². The van der Waals surface area contributed by atoms with Crippen molar-refractivity contribution in [2.75, 3.05) is 30.8 Å². The van der Waals surface area contributed by atoms with Crippen molar-refractivity contribution in [1.29, 1.82) is 5.53 Å². The molecule has 0 spiro atoms.